The first-order valence-corrected chi connectivity index (χ1v) is 9.07. The number of carbonyl (C=O) groups excluding carboxylic acids is 1. The molecule has 2 atom stereocenters. The number of nitrogens with one attached hydrogen (secondary N) is 1. The third-order valence-electron chi connectivity index (χ3n) is 5.28. The van der Waals surface area contributed by atoms with Gasteiger partial charge in [0.15, 0.2) is 12.0 Å². The van der Waals surface area contributed by atoms with E-state index in [9.17, 15) is 13.6 Å². The molecule has 2 unspecified atom stereocenters. The molecular weight excluding hydrogens is 380 g/mol. The minimum Gasteiger partial charge on any atom is -0.291 e. The summed E-state index contributed by atoms with van der Waals surface area (Å²) in [6, 6.07) is 13.4. The largest absolute Gasteiger partial charge is 0.291 e. The molecule has 1 heterocycles. The van der Waals surface area contributed by atoms with Gasteiger partial charge in [0.2, 0.25) is 5.16 Å². The zero-order valence-electron chi connectivity index (χ0n) is 14.4. The van der Waals surface area contributed by atoms with E-state index in [0.717, 1.165) is 0 Å². The van der Waals surface area contributed by atoms with Crippen LogP contribution in [0.5, 0.6) is 0 Å². The molecule has 0 spiro atoms. The predicted molar refractivity (Wildman–Crippen MR) is 102 cm³/mol. The van der Waals surface area contributed by atoms with E-state index < -0.39 is 23.2 Å². The number of benzene rings is 2. The van der Waals surface area contributed by atoms with Crippen LogP contribution in [-0.2, 0) is 10.2 Å². The van der Waals surface area contributed by atoms with Crippen LogP contribution >= 0.6 is 12.6 Å². The van der Waals surface area contributed by atoms with E-state index >= 15 is 0 Å². The summed E-state index contributed by atoms with van der Waals surface area (Å²) in [6.07, 6.45) is 1.03. The van der Waals surface area contributed by atoms with Crippen molar-refractivity contribution in [2.24, 2.45) is 0 Å². The van der Waals surface area contributed by atoms with Gasteiger partial charge in [0.05, 0.1) is 0 Å². The molecule has 0 amide bonds. The van der Waals surface area contributed by atoms with E-state index in [-0.39, 0.29) is 16.6 Å². The lowest BCUT2D eigenvalue weighted by Gasteiger charge is -2.32. The van der Waals surface area contributed by atoms with E-state index in [4.69, 9.17) is 0 Å². The molecule has 0 bridgehead atoms. The molecule has 0 saturated heterocycles. The smallest absolute Gasteiger partial charge is 0.205 e. The van der Waals surface area contributed by atoms with Crippen LogP contribution in [0, 0.1) is 5.82 Å². The molecule has 2 aromatic carbocycles. The van der Waals surface area contributed by atoms with Crippen molar-refractivity contribution in [1.29, 1.82) is 0 Å². The minimum atomic E-state index is -1.78. The van der Waals surface area contributed by atoms with E-state index in [0.29, 0.717) is 22.3 Å². The summed E-state index contributed by atoms with van der Waals surface area (Å²) in [5, 5.41) is 6.99. The Hall–Kier alpha value is -3.06. The first-order valence-electron chi connectivity index (χ1n) is 8.62. The molecule has 0 radical (unpaired) electrons. The Morgan fingerprint density at radius 3 is 2.64 bits per heavy atom. The third-order valence-corrected chi connectivity index (χ3v) is 5.48. The second-order valence-corrected chi connectivity index (χ2v) is 7.10. The van der Waals surface area contributed by atoms with Gasteiger partial charge in [-0.25, -0.2) is 13.8 Å². The highest BCUT2D eigenvalue weighted by molar-refractivity contribution is 7.80. The normalized spacial score (nSPS) is 23.1. The molecule has 1 aromatic heterocycles. The van der Waals surface area contributed by atoms with Gasteiger partial charge in [-0.3, -0.25) is 9.89 Å². The van der Waals surface area contributed by atoms with Gasteiger partial charge in [-0.1, -0.05) is 42.5 Å². The Balaban J connectivity index is 1.97. The predicted octanol–water partition coefficient (Wildman–Crippen LogP) is 3.81. The quantitative estimate of drug-likeness (QED) is 0.651. The number of carbonyl (C=O) groups is 1. The average molecular weight is 393 g/mol. The number of halogens is 2. The van der Waals surface area contributed by atoms with E-state index in [2.05, 4.69) is 27.8 Å². The highest BCUT2D eigenvalue weighted by Crippen LogP contribution is 2.55. The van der Waals surface area contributed by atoms with Crippen molar-refractivity contribution in [3.63, 3.8) is 0 Å². The SMILES string of the molecule is O=C1C2=C(C=CC1F)c1ccc(F)cc1C2(c1ccccc1)c1nc(S)n[nH]1. The molecule has 28 heavy (non-hydrogen) atoms. The summed E-state index contributed by atoms with van der Waals surface area (Å²) in [7, 11) is 0. The van der Waals surface area contributed by atoms with Crippen LogP contribution in [-0.4, -0.2) is 27.1 Å². The molecule has 7 heteroatoms. The summed E-state index contributed by atoms with van der Waals surface area (Å²) >= 11 is 4.18. The van der Waals surface area contributed by atoms with Crippen molar-refractivity contribution in [3.05, 3.63) is 94.6 Å². The van der Waals surface area contributed by atoms with Crippen molar-refractivity contribution in [2.75, 3.05) is 0 Å². The zero-order chi connectivity index (χ0) is 19.5. The number of alkyl halides is 1. The van der Waals surface area contributed by atoms with E-state index in [1.165, 1.54) is 18.2 Å². The molecule has 5 rings (SSSR count). The maximum absolute atomic E-state index is 14.5. The summed E-state index contributed by atoms with van der Waals surface area (Å²) in [5.41, 5.74) is 1.31. The molecule has 138 valence electrons. The van der Waals surface area contributed by atoms with Crippen molar-refractivity contribution >= 4 is 24.0 Å². The molecule has 3 aromatic rings. The number of hydrogen-bond acceptors (Lipinski definition) is 4. The number of rotatable bonds is 2. The van der Waals surface area contributed by atoms with Gasteiger partial charge in [-0.15, -0.1) is 17.7 Å². The number of fused-ring (bicyclic) bond motifs is 2. The lowest BCUT2D eigenvalue weighted by molar-refractivity contribution is -0.119. The number of aromatic amines is 1. The fourth-order valence-electron chi connectivity index (χ4n) is 4.22. The summed E-state index contributed by atoms with van der Waals surface area (Å²) < 4.78 is 28.8. The highest BCUT2D eigenvalue weighted by Gasteiger charge is 2.54. The number of ketones is 1. The van der Waals surface area contributed by atoms with Crippen LogP contribution in [0.2, 0.25) is 0 Å². The van der Waals surface area contributed by atoms with Crippen molar-refractivity contribution < 1.29 is 13.6 Å². The number of H-pyrrole nitrogens is 1. The van der Waals surface area contributed by atoms with Crippen molar-refractivity contribution in [2.45, 2.75) is 16.7 Å². The number of aromatic nitrogens is 3. The molecule has 2 aliphatic carbocycles. The molecule has 4 nitrogen and oxygen atoms in total. The number of Topliss-reactive ketones (excluding diaryl/α,β-unsaturated/α-hetero) is 1. The lowest BCUT2D eigenvalue weighted by atomic mass is 9.68. The van der Waals surface area contributed by atoms with Gasteiger partial charge >= 0.3 is 0 Å². The number of allylic oxidation sites excluding steroid dienone is 4. The first-order chi connectivity index (χ1) is 13.5. The second-order valence-electron chi connectivity index (χ2n) is 6.70. The van der Waals surface area contributed by atoms with Gasteiger partial charge in [0.25, 0.3) is 0 Å². The first kappa shape index (κ1) is 17.1. The van der Waals surface area contributed by atoms with Gasteiger partial charge in [0, 0.05) is 5.57 Å². The topological polar surface area (TPSA) is 58.6 Å². The lowest BCUT2D eigenvalue weighted by Crippen LogP contribution is -2.37. The van der Waals surface area contributed by atoms with Gasteiger partial charge in [-0.2, -0.15) is 0 Å². The molecule has 0 saturated carbocycles. The molecule has 1 N–H and O–H groups in total. The monoisotopic (exact) mass is 393 g/mol. The Kier molecular flexibility index (Phi) is 3.64. The van der Waals surface area contributed by atoms with Gasteiger partial charge in [-0.05, 0) is 40.5 Å². The molecular formula is C21H13F2N3OS. The van der Waals surface area contributed by atoms with E-state index in [1.54, 1.807) is 12.1 Å². The van der Waals surface area contributed by atoms with Crippen LogP contribution in [0.1, 0.15) is 22.5 Å². The maximum Gasteiger partial charge on any atom is 0.205 e. The van der Waals surface area contributed by atoms with Gasteiger partial charge in [0.1, 0.15) is 17.1 Å². The number of nitrogens with zero attached hydrogens (tertiary/aromatic N) is 2. The highest BCUT2D eigenvalue weighted by atomic mass is 32.1. The van der Waals surface area contributed by atoms with Crippen LogP contribution in [0.3, 0.4) is 0 Å². The molecule has 0 fully saturated rings. The molecule has 0 aliphatic heterocycles. The summed E-state index contributed by atoms with van der Waals surface area (Å²) in [6.45, 7) is 0. The van der Waals surface area contributed by atoms with Crippen LogP contribution in [0.25, 0.3) is 5.57 Å². The van der Waals surface area contributed by atoms with Crippen molar-refractivity contribution in [1.82, 2.24) is 15.2 Å². The number of thiol groups is 1. The van der Waals surface area contributed by atoms with Crippen LogP contribution in [0.4, 0.5) is 8.78 Å². The maximum atomic E-state index is 14.5. The standard InChI is InChI=1S/C21H13F2N3OS/c22-12-6-7-13-14-8-9-16(23)18(27)17(14)21(15(13)10-12,11-4-2-1-3-5-11)19-24-20(28)26-25-19/h1-10,16H,(H2,24,25,26,28). The summed E-state index contributed by atoms with van der Waals surface area (Å²) in [4.78, 5) is 17.4. The van der Waals surface area contributed by atoms with Crippen LogP contribution < -0.4 is 0 Å². The fraction of sp³-hybridized carbons (Fsp3) is 0.0952. The van der Waals surface area contributed by atoms with Crippen molar-refractivity contribution in [3.8, 4) is 0 Å². The third kappa shape index (κ3) is 2.13. The zero-order valence-corrected chi connectivity index (χ0v) is 15.3. The second kappa shape index (κ2) is 5.97. The number of hydrogen-bond donors (Lipinski definition) is 2. The van der Waals surface area contributed by atoms with E-state index in [1.807, 2.05) is 30.3 Å². The Labute approximate surface area is 164 Å². The Morgan fingerprint density at radius 1 is 1.14 bits per heavy atom. The molecule has 2 aliphatic rings. The van der Waals surface area contributed by atoms with Gasteiger partial charge < -0.3 is 0 Å². The summed E-state index contributed by atoms with van der Waals surface area (Å²) in [5.74, 6) is -0.843. The Bertz CT molecular complexity index is 1190. The average Bonchev–Trinajstić information content (AvgIpc) is 3.25. The fourth-order valence-corrected chi connectivity index (χ4v) is 4.37. The van der Waals surface area contributed by atoms with Crippen LogP contribution in [0.15, 0.2) is 71.4 Å². The Morgan fingerprint density at radius 2 is 1.93 bits per heavy atom. The minimum absolute atomic E-state index is 0.174.